The number of carbonyl (C=O) groups excluding carboxylic acids is 1. The van der Waals surface area contributed by atoms with Gasteiger partial charge in [0.15, 0.2) is 0 Å². The van der Waals surface area contributed by atoms with Crippen molar-refractivity contribution in [1.82, 2.24) is 15.5 Å². The fourth-order valence-corrected chi connectivity index (χ4v) is 2.83. The highest BCUT2D eigenvalue weighted by Gasteiger charge is 2.18. The van der Waals surface area contributed by atoms with Gasteiger partial charge in [0.25, 0.3) is 0 Å². The minimum Gasteiger partial charge on any atom is -0.378 e. The van der Waals surface area contributed by atoms with Gasteiger partial charge in [0.1, 0.15) is 0 Å². The molecule has 0 unspecified atom stereocenters. The van der Waals surface area contributed by atoms with Gasteiger partial charge < -0.3 is 29.7 Å². The second kappa shape index (κ2) is 14.4. The van der Waals surface area contributed by atoms with Crippen molar-refractivity contribution in [3.8, 4) is 0 Å². The van der Waals surface area contributed by atoms with Crippen molar-refractivity contribution in [2.75, 3.05) is 65.8 Å². The topological polar surface area (TPSA) is 72.1 Å². The van der Waals surface area contributed by atoms with Gasteiger partial charge in [-0.05, 0) is 25.9 Å². The lowest BCUT2D eigenvalue weighted by molar-refractivity contribution is -0.119. The second-order valence-corrected chi connectivity index (χ2v) is 6.76. The predicted molar refractivity (Wildman–Crippen MR) is 98.9 cm³/mol. The Kier molecular flexibility index (Phi) is 12.9. The molecule has 1 aliphatic heterocycles. The van der Waals surface area contributed by atoms with E-state index < -0.39 is 0 Å². The first kappa shape index (κ1) is 22.3. The number of likely N-dealkylation sites (tertiary alicyclic amines) is 1. The number of carbonyl (C=O) groups is 1. The first-order valence-corrected chi connectivity index (χ1v) is 9.54. The van der Waals surface area contributed by atoms with E-state index in [9.17, 15) is 4.79 Å². The van der Waals surface area contributed by atoms with E-state index in [4.69, 9.17) is 14.2 Å². The lowest BCUT2D eigenvalue weighted by atomic mass is 10.0. The average molecular weight is 360 g/mol. The highest BCUT2D eigenvalue weighted by Crippen LogP contribution is 2.10. The molecule has 0 saturated carbocycles. The van der Waals surface area contributed by atoms with Gasteiger partial charge in [-0.15, -0.1) is 0 Å². The summed E-state index contributed by atoms with van der Waals surface area (Å²) in [5.41, 5.74) is 0. The Morgan fingerprint density at radius 3 is 2.12 bits per heavy atom. The van der Waals surface area contributed by atoms with E-state index in [1.807, 2.05) is 0 Å². The molecule has 0 atom stereocenters. The number of hydrogen-bond donors (Lipinski definition) is 2. The fraction of sp³-hybridized carbons (Fsp3) is 0.944. The van der Waals surface area contributed by atoms with E-state index >= 15 is 0 Å². The molecule has 0 spiro atoms. The zero-order valence-electron chi connectivity index (χ0n) is 16.2. The third kappa shape index (κ3) is 13.2. The SMILES string of the molecule is CC(=O)NCCOCCOCCOCCN1CCC(NC(C)C)CC1. The van der Waals surface area contributed by atoms with Crippen molar-refractivity contribution in [2.24, 2.45) is 0 Å². The first-order chi connectivity index (χ1) is 12.1. The zero-order chi connectivity index (χ0) is 18.3. The van der Waals surface area contributed by atoms with Crippen molar-refractivity contribution >= 4 is 5.91 Å². The van der Waals surface area contributed by atoms with E-state index in [0.29, 0.717) is 51.7 Å². The first-order valence-electron chi connectivity index (χ1n) is 9.54. The van der Waals surface area contributed by atoms with Crippen molar-refractivity contribution in [3.63, 3.8) is 0 Å². The van der Waals surface area contributed by atoms with Crippen LogP contribution in [-0.4, -0.2) is 88.7 Å². The smallest absolute Gasteiger partial charge is 0.216 e. The van der Waals surface area contributed by atoms with Crippen LogP contribution in [0.1, 0.15) is 33.6 Å². The summed E-state index contributed by atoms with van der Waals surface area (Å²) in [5, 5.41) is 6.29. The summed E-state index contributed by atoms with van der Waals surface area (Å²) in [6.07, 6.45) is 2.45. The molecule has 2 N–H and O–H groups in total. The van der Waals surface area contributed by atoms with E-state index in [2.05, 4.69) is 29.4 Å². The third-order valence-corrected chi connectivity index (χ3v) is 4.07. The number of ether oxygens (including phenoxy) is 3. The van der Waals surface area contributed by atoms with E-state index in [1.54, 1.807) is 0 Å². The Bertz CT molecular complexity index is 334. The van der Waals surface area contributed by atoms with Gasteiger partial charge in [-0.2, -0.15) is 0 Å². The molecule has 0 aromatic heterocycles. The zero-order valence-corrected chi connectivity index (χ0v) is 16.2. The molecule has 1 rings (SSSR count). The van der Waals surface area contributed by atoms with Crippen molar-refractivity contribution < 1.29 is 19.0 Å². The van der Waals surface area contributed by atoms with Gasteiger partial charge in [0.05, 0.1) is 39.6 Å². The Balaban J connectivity index is 1.80. The van der Waals surface area contributed by atoms with Crippen LogP contribution in [0.3, 0.4) is 0 Å². The minimum absolute atomic E-state index is 0.0337. The molecule has 0 radical (unpaired) electrons. The summed E-state index contributed by atoms with van der Waals surface area (Å²) in [4.78, 5) is 13.1. The second-order valence-electron chi connectivity index (χ2n) is 6.76. The average Bonchev–Trinajstić information content (AvgIpc) is 2.56. The van der Waals surface area contributed by atoms with E-state index in [0.717, 1.165) is 26.2 Å². The van der Waals surface area contributed by atoms with Gasteiger partial charge >= 0.3 is 0 Å². The summed E-state index contributed by atoms with van der Waals surface area (Å²) >= 11 is 0. The summed E-state index contributed by atoms with van der Waals surface area (Å²) < 4.78 is 16.4. The predicted octanol–water partition coefficient (Wildman–Crippen LogP) is 0.635. The molecule has 148 valence electrons. The van der Waals surface area contributed by atoms with Gasteiger partial charge in [-0.3, -0.25) is 4.79 Å². The molecular weight excluding hydrogens is 322 g/mol. The van der Waals surface area contributed by atoms with Crippen LogP contribution >= 0.6 is 0 Å². The van der Waals surface area contributed by atoms with Crippen molar-refractivity contribution in [2.45, 2.75) is 45.7 Å². The maximum atomic E-state index is 10.6. The van der Waals surface area contributed by atoms with Crippen molar-refractivity contribution in [1.29, 1.82) is 0 Å². The lowest BCUT2D eigenvalue weighted by Gasteiger charge is -2.33. The van der Waals surface area contributed by atoms with Gasteiger partial charge in [0, 0.05) is 32.1 Å². The van der Waals surface area contributed by atoms with Crippen LogP contribution < -0.4 is 10.6 Å². The maximum absolute atomic E-state index is 10.6. The van der Waals surface area contributed by atoms with Gasteiger partial charge in [-0.1, -0.05) is 13.8 Å². The maximum Gasteiger partial charge on any atom is 0.216 e. The highest BCUT2D eigenvalue weighted by atomic mass is 16.5. The number of hydrogen-bond acceptors (Lipinski definition) is 6. The molecule has 0 aromatic rings. The summed E-state index contributed by atoms with van der Waals surface area (Å²) in [5.74, 6) is -0.0337. The highest BCUT2D eigenvalue weighted by molar-refractivity contribution is 5.72. The summed E-state index contributed by atoms with van der Waals surface area (Å²) in [6, 6.07) is 1.24. The molecule has 0 aromatic carbocycles. The normalized spacial score (nSPS) is 16.5. The van der Waals surface area contributed by atoms with Crippen LogP contribution in [0.2, 0.25) is 0 Å². The minimum atomic E-state index is -0.0337. The largest absolute Gasteiger partial charge is 0.378 e. The molecule has 1 aliphatic rings. The molecule has 1 fully saturated rings. The quantitative estimate of drug-likeness (QED) is 0.444. The Morgan fingerprint density at radius 1 is 1.00 bits per heavy atom. The fourth-order valence-electron chi connectivity index (χ4n) is 2.83. The van der Waals surface area contributed by atoms with Crippen LogP contribution in [-0.2, 0) is 19.0 Å². The molecule has 1 amide bonds. The van der Waals surface area contributed by atoms with Crippen LogP contribution in [0.5, 0.6) is 0 Å². The Hall–Kier alpha value is -0.730. The molecule has 1 heterocycles. The number of nitrogens with zero attached hydrogens (tertiary/aromatic N) is 1. The van der Waals surface area contributed by atoms with E-state index in [1.165, 1.54) is 19.8 Å². The Labute approximate surface area is 152 Å². The number of amides is 1. The van der Waals surface area contributed by atoms with Gasteiger partial charge in [0.2, 0.25) is 5.91 Å². The van der Waals surface area contributed by atoms with Crippen molar-refractivity contribution in [3.05, 3.63) is 0 Å². The molecule has 0 bridgehead atoms. The number of nitrogens with one attached hydrogen (secondary N) is 2. The molecule has 7 heteroatoms. The third-order valence-electron chi connectivity index (χ3n) is 4.07. The standard InChI is InChI=1S/C18H37N3O4/c1-16(2)20-18-4-7-21(8-5-18)9-11-24-13-15-25-14-12-23-10-6-19-17(3)22/h16,18,20H,4-15H2,1-3H3,(H,19,22). The summed E-state index contributed by atoms with van der Waals surface area (Å²) in [6.45, 7) is 13.4. The molecule has 0 aliphatic carbocycles. The molecule has 1 saturated heterocycles. The van der Waals surface area contributed by atoms with E-state index in [-0.39, 0.29) is 5.91 Å². The molecule has 25 heavy (non-hydrogen) atoms. The number of piperidine rings is 1. The molecule has 7 nitrogen and oxygen atoms in total. The summed E-state index contributed by atoms with van der Waals surface area (Å²) in [7, 11) is 0. The van der Waals surface area contributed by atoms with Gasteiger partial charge in [-0.25, -0.2) is 0 Å². The number of rotatable bonds is 14. The van der Waals surface area contributed by atoms with Crippen LogP contribution in [0.4, 0.5) is 0 Å². The Morgan fingerprint density at radius 2 is 1.56 bits per heavy atom. The van der Waals surface area contributed by atoms with Crippen LogP contribution in [0.15, 0.2) is 0 Å². The monoisotopic (exact) mass is 359 g/mol. The lowest BCUT2D eigenvalue weighted by Crippen LogP contribution is -2.45. The molecular formula is C18H37N3O4. The van der Waals surface area contributed by atoms with Crippen LogP contribution in [0, 0.1) is 0 Å². The van der Waals surface area contributed by atoms with Crippen LogP contribution in [0.25, 0.3) is 0 Å².